The van der Waals surface area contributed by atoms with Gasteiger partial charge in [0.25, 0.3) is 0 Å². The third-order valence-corrected chi connectivity index (χ3v) is 5.77. The number of amides is 1. The van der Waals surface area contributed by atoms with Gasteiger partial charge in [0.05, 0.1) is 0 Å². The van der Waals surface area contributed by atoms with Gasteiger partial charge in [-0.3, -0.25) is 4.79 Å². The monoisotopic (exact) mass is 252 g/mol. The van der Waals surface area contributed by atoms with E-state index in [2.05, 4.69) is 32.6 Å². The maximum Gasteiger partial charge on any atom is 0.226 e. The Kier molecular flexibility index (Phi) is 3.48. The molecule has 0 aromatic carbocycles. The molecule has 1 amide bonds. The summed E-state index contributed by atoms with van der Waals surface area (Å²) in [5.41, 5.74) is 5.93. The molecule has 1 saturated carbocycles. The van der Waals surface area contributed by atoms with E-state index >= 15 is 0 Å². The van der Waals surface area contributed by atoms with Crippen LogP contribution in [0.1, 0.15) is 47.0 Å². The highest BCUT2D eigenvalue weighted by Crippen LogP contribution is 2.68. The number of hydrogen-bond donors (Lipinski definition) is 1. The molecule has 104 valence electrons. The summed E-state index contributed by atoms with van der Waals surface area (Å²) in [5.74, 6) is 1.34. The number of likely N-dealkylation sites (tertiary alicyclic amines) is 1. The molecule has 0 bridgehead atoms. The first-order chi connectivity index (χ1) is 8.32. The van der Waals surface area contributed by atoms with Gasteiger partial charge >= 0.3 is 0 Å². The van der Waals surface area contributed by atoms with Gasteiger partial charge in [-0.1, -0.05) is 27.7 Å². The van der Waals surface area contributed by atoms with Crippen LogP contribution in [0, 0.1) is 22.7 Å². The summed E-state index contributed by atoms with van der Waals surface area (Å²) in [6.45, 7) is 11.5. The molecule has 2 N–H and O–H groups in total. The molecule has 1 heterocycles. The quantitative estimate of drug-likeness (QED) is 0.837. The molecule has 1 saturated heterocycles. The van der Waals surface area contributed by atoms with E-state index in [9.17, 15) is 4.79 Å². The van der Waals surface area contributed by atoms with Gasteiger partial charge in [-0.15, -0.1) is 0 Å². The third-order valence-electron chi connectivity index (χ3n) is 5.77. The largest absolute Gasteiger partial charge is 0.342 e. The Bertz CT molecular complexity index is 313. The van der Waals surface area contributed by atoms with E-state index in [-0.39, 0.29) is 16.7 Å². The smallest absolute Gasteiger partial charge is 0.226 e. The predicted octanol–water partition coefficient (Wildman–Crippen LogP) is 2.26. The van der Waals surface area contributed by atoms with Crippen molar-refractivity contribution in [3.8, 4) is 0 Å². The fraction of sp³-hybridized carbons (Fsp3) is 0.933. The lowest BCUT2D eigenvalue weighted by Crippen LogP contribution is -2.40. The highest BCUT2D eigenvalue weighted by atomic mass is 16.2. The molecule has 2 rings (SSSR count). The molecule has 3 nitrogen and oxygen atoms in total. The highest BCUT2D eigenvalue weighted by molar-refractivity contribution is 5.84. The number of hydrogen-bond acceptors (Lipinski definition) is 2. The van der Waals surface area contributed by atoms with Crippen LogP contribution in [0.3, 0.4) is 0 Å². The van der Waals surface area contributed by atoms with E-state index in [0.29, 0.717) is 5.91 Å². The summed E-state index contributed by atoms with van der Waals surface area (Å²) in [4.78, 5) is 14.6. The summed E-state index contributed by atoms with van der Waals surface area (Å²) < 4.78 is 0. The summed E-state index contributed by atoms with van der Waals surface area (Å²) >= 11 is 0. The lowest BCUT2D eigenvalue weighted by Gasteiger charge is -2.32. The zero-order valence-electron chi connectivity index (χ0n) is 12.3. The topological polar surface area (TPSA) is 46.3 Å². The first kappa shape index (κ1) is 13.9. The molecule has 1 aliphatic heterocycles. The first-order valence-electron chi connectivity index (χ1n) is 7.31. The van der Waals surface area contributed by atoms with Crippen molar-refractivity contribution in [3.63, 3.8) is 0 Å². The van der Waals surface area contributed by atoms with Crippen LogP contribution >= 0.6 is 0 Å². The zero-order valence-corrected chi connectivity index (χ0v) is 12.3. The van der Waals surface area contributed by atoms with Gasteiger partial charge < -0.3 is 10.6 Å². The standard InChI is InChI=1S/C15H28N2O/c1-14(2)12(15(14,3)4)13(18)17-9-6-11(5-8-16)7-10-17/h11-12H,5-10,16H2,1-4H3. The van der Waals surface area contributed by atoms with Crippen molar-refractivity contribution in [3.05, 3.63) is 0 Å². The van der Waals surface area contributed by atoms with Crippen molar-refractivity contribution in [1.29, 1.82) is 0 Å². The maximum absolute atomic E-state index is 12.6. The van der Waals surface area contributed by atoms with Crippen LogP contribution < -0.4 is 5.73 Å². The summed E-state index contributed by atoms with van der Waals surface area (Å²) in [6, 6.07) is 0. The summed E-state index contributed by atoms with van der Waals surface area (Å²) in [6.07, 6.45) is 3.38. The van der Waals surface area contributed by atoms with Gasteiger partial charge in [-0.2, -0.15) is 0 Å². The van der Waals surface area contributed by atoms with Crippen molar-refractivity contribution >= 4 is 5.91 Å². The molecule has 1 aliphatic carbocycles. The van der Waals surface area contributed by atoms with Gasteiger partial charge in [0.1, 0.15) is 0 Å². The van der Waals surface area contributed by atoms with Gasteiger partial charge in [0.15, 0.2) is 0 Å². The van der Waals surface area contributed by atoms with E-state index in [1.54, 1.807) is 0 Å². The Morgan fingerprint density at radius 1 is 1.17 bits per heavy atom. The molecule has 2 aliphatic rings. The molecule has 0 radical (unpaired) electrons. The second-order valence-electron chi connectivity index (χ2n) is 7.22. The molecule has 3 heteroatoms. The fourth-order valence-corrected chi connectivity index (χ4v) is 3.67. The number of piperidine rings is 1. The summed E-state index contributed by atoms with van der Waals surface area (Å²) in [7, 11) is 0. The van der Waals surface area contributed by atoms with Crippen molar-refractivity contribution < 1.29 is 4.79 Å². The average molecular weight is 252 g/mol. The van der Waals surface area contributed by atoms with Crippen LogP contribution in [0.5, 0.6) is 0 Å². The molecule has 0 spiro atoms. The lowest BCUT2D eigenvalue weighted by molar-refractivity contribution is -0.135. The van der Waals surface area contributed by atoms with Gasteiger partial charge in [-0.25, -0.2) is 0 Å². The second kappa shape index (κ2) is 4.52. The first-order valence-corrected chi connectivity index (χ1v) is 7.31. The highest BCUT2D eigenvalue weighted by Gasteiger charge is 2.68. The minimum atomic E-state index is 0.165. The Balaban J connectivity index is 1.90. The molecule has 0 atom stereocenters. The van der Waals surface area contributed by atoms with Crippen molar-refractivity contribution in [2.75, 3.05) is 19.6 Å². The molecule has 2 fully saturated rings. The van der Waals surface area contributed by atoms with Crippen molar-refractivity contribution in [2.24, 2.45) is 28.4 Å². The van der Waals surface area contributed by atoms with Crippen LogP contribution in [0.25, 0.3) is 0 Å². The number of carbonyl (C=O) groups is 1. The van der Waals surface area contributed by atoms with E-state index < -0.39 is 0 Å². The SMILES string of the molecule is CC1(C)C(C(=O)N2CCC(CCN)CC2)C1(C)C. The van der Waals surface area contributed by atoms with Gasteiger partial charge in [0.2, 0.25) is 5.91 Å². The van der Waals surface area contributed by atoms with E-state index in [0.717, 1.165) is 44.8 Å². The van der Waals surface area contributed by atoms with Gasteiger partial charge in [-0.05, 0) is 42.6 Å². The van der Waals surface area contributed by atoms with Crippen molar-refractivity contribution in [2.45, 2.75) is 47.0 Å². The Hall–Kier alpha value is -0.570. The zero-order chi connectivity index (χ0) is 13.6. The van der Waals surface area contributed by atoms with Crippen LogP contribution in [0.15, 0.2) is 0 Å². The average Bonchev–Trinajstić information content (AvgIpc) is 2.70. The van der Waals surface area contributed by atoms with E-state index in [4.69, 9.17) is 5.73 Å². The lowest BCUT2D eigenvalue weighted by atomic mass is 9.93. The van der Waals surface area contributed by atoms with Crippen molar-refractivity contribution in [1.82, 2.24) is 4.90 Å². The van der Waals surface area contributed by atoms with Crippen LogP contribution in [0.2, 0.25) is 0 Å². The molecular formula is C15H28N2O. The number of carbonyl (C=O) groups excluding carboxylic acids is 1. The minimum absolute atomic E-state index is 0.165. The van der Waals surface area contributed by atoms with Crippen LogP contribution in [-0.4, -0.2) is 30.4 Å². The van der Waals surface area contributed by atoms with Crippen LogP contribution in [-0.2, 0) is 4.79 Å². The number of nitrogens with zero attached hydrogens (tertiary/aromatic N) is 1. The normalized spacial score (nSPS) is 27.3. The fourth-order valence-electron chi connectivity index (χ4n) is 3.67. The molecule has 0 unspecified atom stereocenters. The Labute approximate surface area is 111 Å². The molecular weight excluding hydrogens is 224 g/mol. The van der Waals surface area contributed by atoms with E-state index in [1.165, 1.54) is 0 Å². The summed E-state index contributed by atoms with van der Waals surface area (Å²) in [5, 5.41) is 0. The Morgan fingerprint density at radius 2 is 1.67 bits per heavy atom. The Morgan fingerprint density at radius 3 is 2.06 bits per heavy atom. The van der Waals surface area contributed by atoms with Gasteiger partial charge in [0, 0.05) is 19.0 Å². The molecule has 0 aromatic rings. The molecule has 18 heavy (non-hydrogen) atoms. The minimum Gasteiger partial charge on any atom is -0.342 e. The van der Waals surface area contributed by atoms with Crippen LogP contribution in [0.4, 0.5) is 0 Å². The predicted molar refractivity (Wildman–Crippen MR) is 74.0 cm³/mol. The number of rotatable bonds is 3. The van der Waals surface area contributed by atoms with E-state index in [1.807, 2.05) is 0 Å². The third kappa shape index (κ3) is 2.07. The maximum atomic E-state index is 12.6. The molecule has 0 aromatic heterocycles. The number of nitrogens with two attached hydrogens (primary N) is 1. The second-order valence-corrected chi connectivity index (χ2v) is 7.22.